The van der Waals surface area contributed by atoms with E-state index in [2.05, 4.69) is 16.0 Å². The highest BCUT2D eigenvalue weighted by atomic mass is 16.5. The number of para-hydroxylation sites is 3. The molecule has 4 aromatic rings. The third-order valence-corrected chi connectivity index (χ3v) is 5.64. The van der Waals surface area contributed by atoms with Crippen LogP contribution in [-0.2, 0) is 11.2 Å². The smallest absolute Gasteiger partial charge is 0.267 e. The highest BCUT2D eigenvalue weighted by Gasteiger charge is 2.27. The van der Waals surface area contributed by atoms with Gasteiger partial charge in [0, 0.05) is 17.8 Å². The van der Waals surface area contributed by atoms with Crippen molar-refractivity contribution in [1.82, 2.24) is 9.97 Å². The minimum absolute atomic E-state index is 0.0170. The topological polar surface area (TPSA) is 55.3 Å². The second-order valence-corrected chi connectivity index (χ2v) is 7.75. The molecule has 1 aliphatic rings. The van der Waals surface area contributed by atoms with Gasteiger partial charge >= 0.3 is 0 Å². The zero-order chi connectivity index (χ0) is 21.2. The lowest BCUT2D eigenvalue weighted by Crippen LogP contribution is -2.43. The van der Waals surface area contributed by atoms with E-state index in [4.69, 9.17) is 4.74 Å². The average Bonchev–Trinajstić information content (AvgIpc) is 2.83. The Kier molecular flexibility index (Phi) is 5.08. The second-order valence-electron chi connectivity index (χ2n) is 7.75. The molecule has 0 bridgehead atoms. The highest BCUT2D eigenvalue weighted by molar-refractivity contribution is 5.97. The zero-order valence-corrected chi connectivity index (χ0v) is 17.4. The van der Waals surface area contributed by atoms with Gasteiger partial charge < -0.3 is 9.64 Å². The van der Waals surface area contributed by atoms with Crippen molar-refractivity contribution in [3.63, 3.8) is 0 Å². The van der Waals surface area contributed by atoms with Crippen LogP contribution in [0.4, 0.5) is 5.69 Å². The molecular weight excluding hydrogens is 386 g/mol. The number of aromatic nitrogens is 2. The second kappa shape index (κ2) is 8.19. The van der Waals surface area contributed by atoms with Gasteiger partial charge in [0.15, 0.2) is 6.10 Å². The Labute approximate surface area is 181 Å². The molecule has 1 amide bonds. The Morgan fingerprint density at radius 2 is 1.71 bits per heavy atom. The van der Waals surface area contributed by atoms with Gasteiger partial charge in [-0.25, -0.2) is 4.98 Å². The van der Waals surface area contributed by atoms with E-state index in [0.29, 0.717) is 5.75 Å². The van der Waals surface area contributed by atoms with E-state index in [9.17, 15) is 4.79 Å². The molecule has 1 unspecified atom stereocenters. The molecule has 0 spiro atoms. The van der Waals surface area contributed by atoms with Gasteiger partial charge in [-0.2, -0.15) is 0 Å². The number of hydrogen-bond acceptors (Lipinski definition) is 4. The standard InChI is InChI=1S/C26H23N3O2/c1-18(26(30)29-16-6-8-20-7-2-5-11-25(20)29)31-21-14-12-19(13-15-21)24-17-27-22-9-3-4-10-23(22)28-24/h2-5,7,9-15,17-18H,6,8,16H2,1H3. The Morgan fingerprint density at radius 1 is 0.968 bits per heavy atom. The molecule has 5 rings (SSSR count). The lowest BCUT2D eigenvalue weighted by molar-refractivity contribution is -0.124. The number of hydrogen-bond donors (Lipinski definition) is 0. The molecule has 31 heavy (non-hydrogen) atoms. The van der Waals surface area contributed by atoms with E-state index < -0.39 is 6.10 Å². The SMILES string of the molecule is CC(Oc1ccc(-c2cnc3ccccc3n2)cc1)C(=O)N1CCCc2ccccc21. The molecule has 1 atom stereocenters. The van der Waals surface area contributed by atoms with Crippen LogP contribution in [0.2, 0.25) is 0 Å². The van der Waals surface area contributed by atoms with Gasteiger partial charge in [-0.05, 0) is 67.8 Å². The molecule has 3 aromatic carbocycles. The van der Waals surface area contributed by atoms with E-state index >= 15 is 0 Å². The van der Waals surface area contributed by atoms with Crippen LogP contribution in [0.3, 0.4) is 0 Å². The number of aryl methyl sites for hydroxylation is 1. The molecule has 1 aliphatic heterocycles. The lowest BCUT2D eigenvalue weighted by Gasteiger charge is -2.31. The van der Waals surface area contributed by atoms with Crippen LogP contribution in [-0.4, -0.2) is 28.5 Å². The Balaban J connectivity index is 1.31. The quantitative estimate of drug-likeness (QED) is 0.474. The number of fused-ring (bicyclic) bond motifs is 2. The highest BCUT2D eigenvalue weighted by Crippen LogP contribution is 2.28. The first kappa shape index (κ1) is 19.2. The molecule has 0 N–H and O–H groups in total. The van der Waals surface area contributed by atoms with E-state index in [1.807, 2.05) is 78.6 Å². The van der Waals surface area contributed by atoms with Crippen LogP contribution in [0.5, 0.6) is 5.75 Å². The summed E-state index contributed by atoms with van der Waals surface area (Å²) in [4.78, 5) is 24.1. The third kappa shape index (κ3) is 3.87. The predicted molar refractivity (Wildman–Crippen MR) is 122 cm³/mol. The van der Waals surface area contributed by atoms with E-state index in [1.165, 1.54) is 5.56 Å². The zero-order valence-electron chi connectivity index (χ0n) is 17.4. The molecular formula is C26H23N3O2. The minimum atomic E-state index is -0.572. The third-order valence-electron chi connectivity index (χ3n) is 5.64. The molecule has 2 heterocycles. The normalized spacial score (nSPS) is 14.2. The number of anilines is 1. The number of ether oxygens (including phenoxy) is 1. The average molecular weight is 409 g/mol. The van der Waals surface area contributed by atoms with Crippen molar-refractivity contribution in [3.05, 3.63) is 84.6 Å². The summed E-state index contributed by atoms with van der Waals surface area (Å²) >= 11 is 0. The lowest BCUT2D eigenvalue weighted by atomic mass is 10.0. The van der Waals surface area contributed by atoms with Crippen LogP contribution in [0.25, 0.3) is 22.3 Å². The van der Waals surface area contributed by atoms with Crippen LogP contribution >= 0.6 is 0 Å². The van der Waals surface area contributed by atoms with Gasteiger partial charge in [-0.15, -0.1) is 0 Å². The van der Waals surface area contributed by atoms with Crippen LogP contribution in [0.15, 0.2) is 79.0 Å². The van der Waals surface area contributed by atoms with Crippen LogP contribution in [0.1, 0.15) is 18.9 Å². The Bertz CT molecular complexity index is 1240. The first-order valence-corrected chi connectivity index (χ1v) is 10.6. The molecule has 0 aliphatic carbocycles. The minimum Gasteiger partial charge on any atom is -0.481 e. The van der Waals surface area contributed by atoms with Gasteiger partial charge in [0.25, 0.3) is 5.91 Å². The van der Waals surface area contributed by atoms with E-state index in [1.54, 1.807) is 6.20 Å². The predicted octanol–water partition coefficient (Wildman–Crippen LogP) is 5.04. The van der Waals surface area contributed by atoms with Gasteiger partial charge in [0.05, 0.1) is 22.9 Å². The molecule has 154 valence electrons. The largest absolute Gasteiger partial charge is 0.481 e. The molecule has 5 heteroatoms. The van der Waals surface area contributed by atoms with Crippen molar-refractivity contribution in [3.8, 4) is 17.0 Å². The molecule has 0 saturated carbocycles. The first-order valence-electron chi connectivity index (χ1n) is 10.6. The number of amides is 1. The molecule has 0 saturated heterocycles. The number of benzene rings is 3. The van der Waals surface area contributed by atoms with Crippen LogP contribution < -0.4 is 9.64 Å². The maximum absolute atomic E-state index is 13.1. The van der Waals surface area contributed by atoms with E-state index in [0.717, 1.165) is 47.4 Å². The summed E-state index contributed by atoms with van der Waals surface area (Å²) in [7, 11) is 0. The maximum Gasteiger partial charge on any atom is 0.267 e. The Hall–Kier alpha value is -3.73. The van der Waals surface area contributed by atoms with Crippen molar-refractivity contribution < 1.29 is 9.53 Å². The fraction of sp³-hybridized carbons (Fsp3) is 0.192. The van der Waals surface area contributed by atoms with Gasteiger partial charge in [-0.1, -0.05) is 30.3 Å². The summed E-state index contributed by atoms with van der Waals surface area (Å²) in [5.41, 5.74) is 5.71. The van der Waals surface area contributed by atoms with E-state index in [-0.39, 0.29) is 5.91 Å². The van der Waals surface area contributed by atoms with Crippen molar-refractivity contribution in [2.75, 3.05) is 11.4 Å². The first-order chi connectivity index (χ1) is 15.2. The Morgan fingerprint density at radius 3 is 2.55 bits per heavy atom. The summed E-state index contributed by atoms with van der Waals surface area (Å²) in [5, 5.41) is 0. The summed E-state index contributed by atoms with van der Waals surface area (Å²) in [6, 6.07) is 23.6. The summed E-state index contributed by atoms with van der Waals surface area (Å²) < 4.78 is 5.98. The maximum atomic E-state index is 13.1. The number of nitrogens with zero attached hydrogens (tertiary/aromatic N) is 3. The fourth-order valence-electron chi connectivity index (χ4n) is 4.04. The van der Waals surface area contributed by atoms with Gasteiger partial charge in [0.2, 0.25) is 0 Å². The molecule has 0 fully saturated rings. The molecule has 0 radical (unpaired) electrons. The van der Waals surface area contributed by atoms with Crippen molar-refractivity contribution in [1.29, 1.82) is 0 Å². The number of carbonyl (C=O) groups is 1. The van der Waals surface area contributed by atoms with Crippen molar-refractivity contribution >= 4 is 22.6 Å². The summed E-state index contributed by atoms with van der Waals surface area (Å²) in [6.45, 7) is 2.53. The molecule has 5 nitrogen and oxygen atoms in total. The summed E-state index contributed by atoms with van der Waals surface area (Å²) in [6.07, 6.45) is 3.18. The van der Waals surface area contributed by atoms with Crippen molar-refractivity contribution in [2.45, 2.75) is 25.9 Å². The molecule has 1 aromatic heterocycles. The number of rotatable bonds is 4. The fourth-order valence-corrected chi connectivity index (χ4v) is 4.04. The van der Waals surface area contributed by atoms with Crippen LogP contribution in [0, 0.1) is 0 Å². The number of carbonyl (C=O) groups excluding carboxylic acids is 1. The van der Waals surface area contributed by atoms with Crippen molar-refractivity contribution in [2.24, 2.45) is 0 Å². The van der Waals surface area contributed by atoms with Gasteiger partial charge in [0.1, 0.15) is 5.75 Å². The monoisotopic (exact) mass is 409 g/mol. The summed E-state index contributed by atoms with van der Waals surface area (Å²) in [5.74, 6) is 0.639. The van der Waals surface area contributed by atoms with Gasteiger partial charge in [-0.3, -0.25) is 9.78 Å².